The van der Waals surface area contributed by atoms with Crippen molar-refractivity contribution in [2.75, 3.05) is 12.4 Å². The average molecular weight is 338 g/mol. The number of fused-ring (bicyclic) bond motifs is 2. The van der Waals surface area contributed by atoms with Gasteiger partial charge in [-0.3, -0.25) is 0 Å². The second-order valence-electron chi connectivity index (χ2n) is 7.37. The molecule has 3 rings (SSSR count). The standard InChI is InChI=1S/C17H24BrNO/c1-16(2)11-5-6-17(3,10-11)15(16)19-13-7-12(18)8-14(9-13)20-4/h7-9,11,15,19H,5-6,10H2,1-4H3. The molecule has 2 bridgehead atoms. The van der Waals surface area contributed by atoms with Crippen molar-refractivity contribution in [3.63, 3.8) is 0 Å². The van der Waals surface area contributed by atoms with Gasteiger partial charge in [-0.2, -0.15) is 0 Å². The van der Waals surface area contributed by atoms with Crippen LogP contribution in [0, 0.1) is 16.7 Å². The van der Waals surface area contributed by atoms with Gasteiger partial charge in [0.15, 0.2) is 0 Å². The first kappa shape index (κ1) is 14.2. The third-order valence-corrected chi connectivity index (χ3v) is 6.15. The third kappa shape index (κ3) is 2.14. The number of hydrogen-bond acceptors (Lipinski definition) is 2. The highest BCUT2D eigenvalue weighted by atomic mass is 79.9. The second-order valence-corrected chi connectivity index (χ2v) is 8.29. The number of anilines is 1. The Hall–Kier alpha value is -0.700. The van der Waals surface area contributed by atoms with Crippen molar-refractivity contribution in [1.29, 1.82) is 0 Å². The van der Waals surface area contributed by atoms with Crippen molar-refractivity contribution < 1.29 is 4.74 Å². The largest absolute Gasteiger partial charge is 0.497 e. The van der Waals surface area contributed by atoms with E-state index >= 15 is 0 Å². The molecule has 0 aliphatic heterocycles. The quantitative estimate of drug-likeness (QED) is 0.829. The zero-order valence-electron chi connectivity index (χ0n) is 12.8. The Morgan fingerprint density at radius 3 is 2.60 bits per heavy atom. The topological polar surface area (TPSA) is 21.3 Å². The van der Waals surface area contributed by atoms with Gasteiger partial charge in [-0.15, -0.1) is 0 Å². The second kappa shape index (κ2) is 4.66. The first-order valence-corrected chi connectivity index (χ1v) is 8.25. The number of rotatable bonds is 3. The van der Waals surface area contributed by atoms with E-state index in [0.29, 0.717) is 16.9 Å². The molecule has 1 aromatic carbocycles. The fraction of sp³-hybridized carbons (Fsp3) is 0.647. The van der Waals surface area contributed by atoms with E-state index in [1.165, 1.54) is 19.3 Å². The summed E-state index contributed by atoms with van der Waals surface area (Å²) in [7, 11) is 1.72. The van der Waals surface area contributed by atoms with Crippen LogP contribution in [0.15, 0.2) is 22.7 Å². The van der Waals surface area contributed by atoms with E-state index in [2.05, 4.69) is 54.2 Å². The average Bonchev–Trinajstić information content (AvgIpc) is 2.85. The Bertz CT molecular complexity index is 523. The fourth-order valence-corrected chi connectivity index (χ4v) is 5.07. The molecule has 0 amide bonds. The van der Waals surface area contributed by atoms with Gasteiger partial charge in [-0.1, -0.05) is 36.7 Å². The molecule has 3 atom stereocenters. The van der Waals surface area contributed by atoms with E-state index in [1.807, 2.05) is 6.07 Å². The van der Waals surface area contributed by atoms with Gasteiger partial charge in [-0.05, 0) is 48.1 Å². The van der Waals surface area contributed by atoms with Crippen LogP contribution in [-0.4, -0.2) is 13.2 Å². The van der Waals surface area contributed by atoms with Crippen molar-refractivity contribution in [2.24, 2.45) is 16.7 Å². The lowest BCUT2D eigenvalue weighted by Gasteiger charge is -2.43. The van der Waals surface area contributed by atoms with Crippen LogP contribution in [0.5, 0.6) is 5.75 Å². The number of hydrogen-bond donors (Lipinski definition) is 1. The van der Waals surface area contributed by atoms with Crippen LogP contribution in [0.2, 0.25) is 0 Å². The summed E-state index contributed by atoms with van der Waals surface area (Å²) < 4.78 is 6.43. The van der Waals surface area contributed by atoms with Crippen LogP contribution in [-0.2, 0) is 0 Å². The summed E-state index contributed by atoms with van der Waals surface area (Å²) in [5.41, 5.74) is 1.95. The summed E-state index contributed by atoms with van der Waals surface area (Å²) in [6.07, 6.45) is 4.11. The Kier molecular flexibility index (Phi) is 3.32. The lowest BCUT2D eigenvalue weighted by molar-refractivity contribution is 0.155. The van der Waals surface area contributed by atoms with Crippen molar-refractivity contribution in [1.82, 2.24) is 0 Å². The molecule has 0 heterocycles. The SMILES string of the molecule is COc1cc(Br)cc(NC2C3(C)CCC(C3)C2(C)C)c1. The Morgan fingerprint density at radius 2 is 2.00 bits per heavy atom. The maximum atomic E-state index is 5.37. The number of methoxy groups -OCH3 is 1. The van der Waals surface area contributed by atoms with Crippen LogP contribution in [0.1, 0.15) is 40.0 Å². The van der Waals surface area contributed by atoms with Gasteiger partial charge in [-0.25, -0.2) is 0 Å². The predicted octanol–water partition coefficient (Wildman–Crippen LogP) is 5.08. The summed E-state index contributed by atoms with van der Waals surface area (Å²) in [6.45, 7) is 7.30. The van der Waals surface area contributed by atoms with E-state index in [9.17, 15) is 0 Å². The lowest BCUT2D eigenvalue weighted by atomic mass is 9.68. The summed E-state index contributed by atoms with van der Waals surface area (Å²) in [6, 6.07) is 6.77. The molecule has 0 radical (unpaired) electrons. The molecule has 0 saturated heterocycles. The molecule has 0 aromatic heterocycles. The molecule has 3 heteroatoms. The van der Waals surface area contributed by atoms with Crippen LogP contribution in [0.3, 0.4) is 0 Å². The number of nitrogens with one attached hydrogen (secondary N) is 1. The fourth-order valence-electron chi connectivity index (χ4n) is 4.59. The van der Waals surface area contributed by atoms with Crippen molar-refractivity contribution >= 4 is 21.6 Å². The van der Waals surface area contributed by atoms with E-state index in [1.54, 1.807) is 7.11 Å². The molecule has 2 aliphatic carbocycles. The van der Waals surface area contributed by atoms with Crippen molar-refractivity contribution in [3.8, 4) is 5.75 Å². The highest BCUT2D eigenvalue weighted by Gasteiger charge is 2.59. The first-order valence-electron chi connectivity index (χ1n) is 7.46. The summed E-state index contributed by atoms with van der Waals surface area (Å²) in [5, 5.41) is 3.81. The highest BCUT2D eigenvalue weighted by molar-refractivity contribution is 9.10. The summed E-state index contributed by atoms with van der Waals surface area (Å²) >= 11 is 3.57. The summed E-state index contributed by atoms with van der Waals surface area (Å²) in [4.78, 5) is 0. The zero-order chi connectivity index (χ0) is 14.5. The van der Waals surface area contributed by atoms with Gasteiger partial charge in [0, 0.05) is 22.3 Å². The predicted molar refractivity (Wildman–Crippen MR) is 87.3 cm³/mol. The monoisotopic (exact) mass is 337 g/mol. The zero-order valence-corrected chi connectivity index (χ0v) is 14.4. The van der Waals surface area contributed by atoms with Crippen LogP contribution >= 0.6 is 15.9 Å². The van der Waals surface area contributed by atoms with Gasteiger partial charge in [0.25, 0.3) is 0 Å². The summed E-state index contributed by atoms with van der Waals surface area (Å²) in [5.74, 6) is 1.76. The van der Waals surface area contributed by atoms with Crippen LogP contribution in [0.25, 0.3) is 0 Å². The van der Waals surface area contributed by atoms with Crippen LogP contribution < -0.4 is 10.1 Å². The van der Waals surface area contributed by atoms with Gasteiger partial charge < -0.3 is 10.1 Å². The first-order chi connectivity index (χ1) is 9.35. The molecule has 2 aliphatic rings. The molecule has 3 unspecified atom stereocenters. The van der Waals surface area contributed by atoms with E-state index in [4.69, 9.17) is 4.74 Å². The molecule has 2 saturated carbocycles. The Balaban J connectivity index is 1.89. The smallest absolute Gasteiger partial charge is 0.122 e. The molecule has 2 fully saturated rings. The van der Waals surface area contributed by atoms with Gasteiger partial charge in [0.1, 0.15) is 5.75 Å². The molecule has 1 N–H and O–H groups in total. The number of halogens is 1. The maximum absolute atomic E-state index is 5.37. The molecule has 20 heavy (non-hydrogen) atoms. The van der Waals surface area contributed by atoms with Crippen molar-refractivity contribution in [3.05, 3.63) is 22.7 Å². The van der Waals surface area contributed by atoms with E-state index in [0.717, 1.165) is 21.8 Å². The minimum absolute atomic E-state index is 0.364. The minimum Gasteiger partial charge on any atom is -0.497 e. The molecule has 110 valence electrons. The Morgan fingerprint density at radius 1 is 1.25 bits per heavy atom. The molecule has 1 aromatic rings. The van der Waals surface area contributed by atoms with Crippen LogP contribution in [0.4, 0.5) is 5.69 Å². The van der Waals surface area contributed by atoms with E-state index in [-0.39, 0.29) is 0 Å². The lowest BCUT2D eigenvalue weighted by Crippen LogP contribution is -2.45. The number of benzene rings is 1. The van der Waals surface area contributed by atoms with Gasteiger partial charge in [0.2, 0.25) is 0 Å². The van der Waals surface area contributed by atoms with E-state index < -0.39 is 0 Å². The molecule has 0 spiro atoms. The Labute approximate surface area is 130 Å². The minimum atomic E-state index is 0.364. The van der Waals surface area contributed by atoms with Crippen molar-refractivity contribution in [2.45, 2.75) is 46.1 Å². The maximum Gasteiger partial charge on any atom is 0.122 e. The molecule has 2 nitrogen and oxygen atoms in total. The van der Waals surface area contributed by atoms with Gasteiger partial charge >= 0.3 is 0 Å². The normalized spacial score (nSPS) is 34.2. The van der Waals surface area contributed by atoms with Gasteiger partial charge in [0.05, 0.1) is 7.11 Å². The molecular formula is C17H24BrNO. The number of ether oxygens (including phenoxy) is 1. The molecular weight excluding hydrogens is 314 g/mol. The highest BCUT2D eigenvalue weighted by Crippen LogP contribution is 2.63. The third-order valence-electron chi connectivity index (χ3n) is 5.69.